The second-order valence-electron chi connectivity index (χ2n) is 8.99. The predicted octanol–water partition coefficient (Wildman–Crippen LogP) is 3.16. The number of esters is 1. The Labute approximate surface area is 154 Å². The minimum Gasteiger partial charge on any atom is -0.455 e. The Bertz CT molecular complexity index is 613. The van der Waals surface area contributed by atoms with Crippen LogP contribution in [0.5, 0.6) is 0 Å². The third-order valence-corrected chi connectivity index (χ3v) is 6.99. The monoisotopic (exact) mass is 366 g/mol. The van der Waals surface area contributed by atoms with E-state index >= 15 is 0 Å². The fourth-order valence-electron chi connectivity index (χ4n) is 5.30. The van der Waals surface area contributed by atoms with Gasteiger partial charge in [0.05, 0.1) is 11.5 Å². The first-order valence-corrected chi connectivity index (χ1v) is 9.56. The molecule has 4 saturated carbocycles. The summed E-state index contributed by atoms with van der Waals surface area (Å²) in [6.07, 6.45) is 5.49. The standard InChI is InChI=1S/C19H27ClN2O3/c1-12(2)17(3,11-21)22-15(23)9-25-16(24)18-5-13-4-14(6-18)8-19(20,7-13)10-18/h12-14H,4-10H2,1-3H3,(H,22,23)/t13-,14-,17+,18?,19?/m1/s1. The highest BCUT2D eigenvalue weighted by Crippen LogP contribution is 2.64. The number of ether oxygens (including phenoxy) is 1. The molecule has 0 aromatic heterocycles. The fourth-order valence-corrected chi connectivity index (χ4v) is 5.99. The van der Waals surface area contributed by atoms with Gasteiger partial charge in [-0.25, -0.2) is 0 Å². The summed E-state index contributed by atoms with van der Waals surface area (Å²) in [4.78, 5) is 24.7. The van der Waals surface area contributed by atoms with Gasteiger partial charge in [0.1, 0.15) is 5.54 Å². The van der Waals surface area contributed by atoms with Gasteiger partial charge in [-0.3, -0.25) is 9.59 Å². The number of amides is 1. The lowest BCUT2D eigenvalue weighted by molar-refractivity contribution is -0.172. The number of halogens is 1. The van der Waals surface area contributed by atoms with Crippen molar-refractivity contribution in [2.45, 2.75) is 69.7 Å². The smallest absolute Gasteiger partial charge is 0.312 e. The molecule has 0 aromatic carbocycles. The molecule has 0 heterocycles. The topological polar surface area (TPSA) is 79.2 Å². The number of nitrogens with one attached hydrogen (secondary N) is 1. The summed E-state index contributed by atoms with van der Waals surface area (Å²) in [7, 11) is 0. The zero-order valence-corrected chi connectivity index (χ0v) is 16.0. The summed E-state index contributed by atoms with van der Waals surface area (Å²) in [5, 5.41) is 12.0. The number of carbonyl (C=O) groups is 2. The van der Waals surface area contributed by atoms with E-state index in [1.807, 2.05) is 13.8 Å². The van der Waals surface area contributed by atoms with E-state index in [9.17, 15) is 14.9 Å². The Morgan fingerprint density at radius 1 is 1.32 bits per heavy atom. The summed E-state index contributed by atoms with van der Waals surface area (Å²) < 4.78 is 5.38. The summed E-state index contributed by atoms with van der Waals surface area (Å²) in [5.41, 5.74) is -1.48. The van der Waals surface area contributed by atoms with Crippen LogP contribution in [0.3, 0.4) is 0 Å². The van der Waals surface area contributed by atoms with E-state index in [0.29, 0.717) is 18.3 Å². The first-order valence-electron chi connectivity index (χ1n) is 9.18. The molecule has 0 aromatic rings. The molecule has 4 rings (SSSR count). The van der Waals surface area contributed by atoms with Crippen molar-refractivity contribution < 1.29 is 14.3 Å². The SMILES string of the molecule is CC(C)[C@](C)(C#N)NC(=O)COC(=O)C12C[C@H]3C[C@@H](CC(Cl)(C3)C1)C2. The Kier molecular flexibility index (Phi) is 4.56. The molecular formula is C19H27ClN2O3. The van der Waals surface area contributed by atoms with E-state index < -0.39 is 16.9 Å². The van der Waals surface area contributed by atoms with Gasteiger partial charge >= 0.3 is 5.97 Å². The summed E-state index contributed by atoms with van der Waals surface area (Å²) in [6.45, 7) is 5.07. The molecule has 0 unspecified atom stereocenters. The summed E-state index contributed by atoms with van der Waals surface area (Å²) in [6, 6.07) is 2.12. The van der Waals surface area contributed by atoms with Crippen molar-refractivity contribution in [3.63, 3.8) is 0 Å². The Balaban J connectivity index is 1.60. The molecule has 1 amide bonds. The highest BCUT2D eigenvalue weighted by atomic mass is 35.5. The van der Waals surface area contributed by atoms with Crippen molar-refractivity contribution >= 4 is 23.5 Å². The van der Waals surface area contributed by atoms with Gasteiger partial charge in [0.2, 0.25) is 0 Å². The number of alkyl halides is 1. The van der Waals surface area contributed by atoms with Crippen LogP contribution in [0.15, 0.2) is 0 Å². The van der Waals surface area contributed by atoms with Crippen LogP contribution in [-0.4, -0.2) is 28.9 Å². The molecule has 4 fully saturated rings. The number of nitrogens with zero attached hydrogens (tertiary/aromatic N) is 1. The summed E-state index contributed by atoms with van der Waals surface area (Å²) >= 11 is 6.74. The molecule has 0 radical (unpaired) electrons. The zero-order chi connectivity index (χ0) is 18.5. The van der Waals surface area contributed by atoms with Crippen molar-refractivity contribution in [1.29, 1.82) is 5.26 Å². The number of hydrogen-bond donors (Lipinski definition) is 1. The van der Waals surface area contributed by atoms with Crippen LogP contribution in [-0.2, 0) is 14.3 Å². The molecule has 0 saturated heterocycles. The van der Waals surface area contributed by atoms with Crippen LogP contribution < -0.4 is 5.32 Å². The molecule has 4 aliphatic rings. The van der Waals surface area contributed by atoms with Crippen LogP contribution in [0.2, 0.25) is 0 Å². The number of carbonyl (C=O) groups excluding carboxylic acids is 2. The van der Waals surface area contributed by atoms with Gasteiger partial charge in [-0.2, -0.15) is 5.26 Å². The van der Waals surface area contributed by atoms with Crippen molar-refractivity contribution in [3.8, 4) is 6.07 Å². The fraction of sp³-hybridized carbons (Fsp3) is 0.842. The second-order valence-corrected chi connectivity index (χ2v) is 9.79. The lowest BCUT2D eigenvalue weighted by atomic mass is 9.49. The maximum Gasteiger partial charge on any atom is 0.312 e. The number of nitriles is 1. The minimum atomic E-state index is -0.968. The molecule has 3 atom stereocenters. The van der Waals surface area contributed by atoms with Crippen molar-refractivity contribution in [2.75, 3.05) is 6.61 Å². The second kappa shape index (κ2) is 6.16. The van der Waals surface area contributed by atoms with Gasteiger partial charge in [0.25, 0.3) is 5.91 Å². The number of rotatable bonds is 5. The van der Waals surface area contributed by atoms with Crippen LogP contribution in [0.25, 0.3) is 0 Å². The summed E-state index contributed by atoms with van der Waals surface area (Å²) in [5.74, 6) is 0.240. The lowest BCUT2D eigenvalue weighted by Gasteiger charge is -2.58. The quantitative estimate of drug-likeness (QED) is 0.598. The van der Waals surface area contributed by atoms with E-state index in [1.54, 1.807) is 6.92 Å². The average molecular weight is 367 g/mol. The van der Waals surface area contributed by atoms with Crippen LogP contribution in [0, 0.1) is 34.5 Å². The molecule has 25 heavy (non-hydrogen) atoms. The number of hydrogen-bond acceptors (Lipinski definition) is 4. The van der Waals surface area contributed by atoms with Crippen LogP contribution in [0.4, 0.5) is 0 Å². The average Bonchev–Trinajstić information content (AvgIpc) is 2.49. The molecule has 5 nitrogen and oxygen atoms in total. The van der Waals surface area contributed by atoms with Gasteiger partial charge in [0, 0.05) is 4.87 Å². The maximum absolute atomic E-state index is 12.8. The molecule has 6 heteroatoms. The first kappa shape index (κ1) is 18.5. The van der Waals surface area contributed by atoms with Gasteiger partial charge in [-0.05, 0) is 63.2 Å². The highest BCUT2D eigenvalue weighted by Gasteiger charge is 2.60. The predicted molar refractivity (Wildman–Crippen MR) is 93.7 cm³/mol. The zero-order valence-electron chi connectivity index (χ0n) is 15.2. The third kappa shape index (κ3) is 3.38. The first-order chi connectivity index (χ1) is 11.6. The van der Waals surface area contributed by atoms with Crippen LogP contribution >= 0.6 is 11.6 Å². The molecule has 4 aliphatic carbocycles. The normalized spacial score (nSPS) is 38.1. The molecule has 0 spiro atoms. The van der Waals surface area contributed by atoms with E-state index in [0.717, 1.165) is 25.7 Å². The molecule has 1 N–H and O–H groups in total. The van der Waals surface area contributed by atoms with Gasteiger partial charge in [0.15, 0.2) is 6.61 Å². The van der Waals surface area contributed by atoms with E-state index in [2.05, 4.69) is 11.4 Å². The Morgan fingerprint density at radius 2 is 1.92 bits per heavy atom. The molecule has 138 valence electrons. The van der Waals surface area contributed by atoms with Crippen LogP contribution in [0.1, 0.15) is 59.3 Å². The maximum atomic E-state index is 12.8. The van der Waals surface area contributed by atoms with Crippen molar-refractivity contribution in [3.05, 3.63) is 0 Å². The van der Waals surface area contributed by atoms with Crippen molar-refractivity contribution in [2.24, 2.45) is 23.2 Å². The molecule has 0 aliphatic heterocycles. The minimum absolute atomic E-state index is 0.0450. The van der Waals surface area contributed by atoms with Crippen molar-refractivity contribution in [1.82, 2.24) is 5.32 Å². The highest BCUT2D eigenvalue weighted by molar-refractivity contribution is 6.24. The largest absolute Gasteiger partial charge is 0.455 e. The van der Waals surface area contributed by atoms with E-state index in [1.165, 1.54) is 6.42 Å². The van der Waals surface area contributed by atoms with E-state index in [-0.39, 0.29) is 23.4 Å². The van der Waals surface area contributed by atoms with E-state index in [4.69, 9.17) is 16.3 Å². The Morgan fingerprint density at radius 3 is 2.40 bits per heavy atom. The lowest BCUT2D eigenvalue weighted by Crippen LogP contribution is -2.57. The third-order valence-electron chi connectivity index (χ3n) is 6.54. The molecule has 4 bridgehead atoms. The van der Waals surface area contributed by atoms with Gasteiger partial charge in [-0.15, -0.1) is 11.6 Å². The molecular weight excluding hydrogens is 340 g/mol. The Hall–Kier alpha value is -1.28. The van der Waals surface area contributed by atoms with Gasteiger partial charge in [-0.1, -0.05) is 13.8 Å². The van der Waals surface area contributed by atoms with Gasteiger partial charge < -0.3 is 10.1 Å².